The normalized spacial score (nSPS) is 9.94. The predicted octanol–water partition coefficient (Wildman–Crippen LogP) is 3.80. The van der Waals surface area contributed by atoms with Crippen LogP contribution in [0, 0.1) is 6.92 Å². The van der Waals surface area contributed by atoms with E-state index in [0.29, 0.717) is 11.5 Å². The fourth-order valence-electron chi connectivity index (χ4n) is 1.67. The van der Waals surface area contributed by atoms with Gasteiger partial charge in [-0.2, -0.15) is 0 Å². The molecule has 18 heavy (non-hydrogen) atoms. The van der Waals surface area contributed by atoms with Crippen molar-refractivity contribution in [1.29, 1.82) is 0 Å². The van der Waals surface area contributed by atoms with Gasteiger partial charge in [-0.05, 0) is 36.8 Å². The zero-order chi connectivity index (χ0) is 13.0. The monoisotopic (exact) mass is 244 g/mol. The van der Waals surface area contributed by atoms with E-state index in [4.69, 9.17) is 14.2 Å². The summed E-state index contributed by atoms with van der Waals surface area (Å²) in [4.78, 5) is 0. The molecule has 2 aromatic carbocycles. The summed E-state index contributed by atoms with van der Waals surface area (Å²) >= 11 is 0. The summed E-state index contributed by atoms with van der Waals surface area (Å²) < 4.78 is 16.3. The van der Waals surface area contributed by atoms with Crippen molar-refractivity contribution in [3.63, 3.8) is 0 Å². The zero-order valence-electron chi connectivity index (χ0n) is 10.8. The third kappa shape index (κ3) is 2.74. The first-order valence-corrected chi connectivity index (χ1v) is 5.69. The molecule has 0 aliphatic heterocycles. The summed E-state index contributed by atoms with van der Waals surface area (Å²) in [7, 11) is 3.24. The molecule has 2 aromatic rings. The highest BCUT2D eigenvalue weighted by Crippen LogP contribution is 2.34. The van der Waals surface area contributed by atoms with Crippen LogP contribution in [0.4, 0.5) is 0 Å². The van der Waals surface area contributed by atoms with Crippen LogP contribution < -0.4 is 14.2 Å². The molecule has 3 nitrogen and oxygen atoms in total. The van der Waals surface area contributed by atoms with E-state index in [0.717, 1.165) is 17.1 Å². The van der Waals surface area contributed by atoms with Crippen molar-refractivity contribution in [2.75, 3.05) is 14.2 Å². The quantitative estimate of drug-likeness (QED) is 0.818. The molecule has 2 rings (SSSR count). The fourth-order valence-corrected chi connectivity index (χ4v) is 1.67. The number of ether oxygens (including phenoxy) is 3. The molecule has 0 amide bonds. The van der Waals surface area contributed by atoms with Gasteiger partial charge in [0.2, 0.25) is 0 Å². The number of methoxy groups -OCH3 is 2. The van der Waals surface area contributed by atoms with Crippen LogP contribution in [-0.4, -0.2) is 14.2 Å². The molecule has 0 saturated heterocycles. The second-order valence-electron chi connectivity index (χ2n) is 3.94. The predicted molar refractivity (Wildman–Crippen MR) is 70.8 cm³/mol. The molecule has 0 aliphatic carbocycles. The second kappa shape index (κ2) is 5.45. The molecule has 0 atom stereocenters. The smallest absolute Gasteiger partial charge is 0.172 e. The number of hydrogen-bond acceptors (Lipinski definition) is 3. The molecule has 0 radical (unpaired) electrons. The number of rotatable bonds is 4. The lowest BCUT2D eigenvalue weighted by atomic mass is 10.2. The molecule has 0 bridgehead atoms. The lowest BCUT2D eigenvalue weighted by Crippen LogP contribution is -1.92. The number of benzene rings is 2. The van der Waals surface area contributed by atoms with E-state index < -0.39 is 0 Å². The summed E-state index contributed by atoms with van der Waals surface area (Å²) in [5, 5.41) is 0. The molecule has 94 valence electrons. The van der Waals surface area contributed by atoms with Crippen LogP contribution in [0.2, 0.25) is 0 Å². The Morgan fingerprint density at radius 1 is 0.778 bits per heavy atom. The first-order chi connectivity index (χ1) is 8.72. The average molecular weight is 244 g/mol. The second-order valence-corrected chi connectivity index (χ2v) is 3.94. The summed E-state index contributed by atoms with van der Waals surface area (Å²) in [6.07, 6.45) is 0. The largest absolute Gasteiger partial charge is 0.497 e. The molecular weight excluding hydrogens is 228 g/mol. The Morgan fingerprint density at radius 2 is 1.61 bits per heavy atom. The Kier molecular flexibility index (Phi) is 3.72. The lowest BCUT2D eigenvalue weighted by Gasteiger charge is -2.12. The molecule has 0 saturated carbocycles. The molecule has 0 aliphatic rings. The number of hydrogen-bond donors (Lipinski definition) is 0. The van der Waals surface area contributed by atoms with E-state index in [-0.39, 0.29) is 0 Å². The van der Waals surface area contributed by atoms with Crippen molar-refractivity contribution in [2.45, 2.75) is 6.92 Å². The van der Waals surface area contributed by atoms with Crippen LogP contribution in [0.5, 0.6) is 23.0 Å². The summed E-state index contributed by atoms with van der Waals surface area (Å²) in [6, 6.07) is 13.3. The van der Waals surface area contributed by atoms with E-state index in [9.17, 15) is 0 Å². The van der Waals surface area contributed by atoms with E-state index in [1.165, 1.54) is 0 Å². The Labute approximate surface area is 107 Å². The minimum absolute atomic E-state index is 0.641. The highest BCUT2D eigenvalue weighted by molar-refractivity contribution is 5.47. The maximum absolute atomic E-state index is 5.82. The standard InChI is InChI=1S/C15H16O3/c1-11-5-4-6-13(9-11)18-15-10-12(16-2)7-8-14(15)17-3/h4-10H,1-3H3. The zero-order valence-corrected chi connectivity index (χ0v) is 10.8. The van der Waals surface area contributed by atoms with Crippen molar-refractivity contribution in [2.24, 2.45) is 0 Å². The van der Waals surface area contributed by atoms with Gasteiger partial charge in [0.25, 0.3) is 0 Å². The van der Waals surface area contributed by atoms with E-state index in [2.05, 4.69) is 0 Å². The van der Waals surface area contributed by atoms with Gasteiger partial charge >= 0.3 is 0 Å². The summed E-state index contributed by atoms with van der Waals surface area (Å²) in [5.74, 6) is 2.83. The molecule has 0 spiro atoms. The molecule has 0 heterocycles. The fraction of sp³-hybridized carbons (Fsp3) is 0.200. The van der Waals surface area contributed by atoms with Crippen LogP contribution in [-0.2, 0) is 0 Å². The van der Waals surface area contributed by atoms with Crippen LogP contribution in [0.15, 0.2) is 42.5 Å². The van der Waals surface area contributed by atoms with E-state index >= 15 is 0 Å². The molecule has 0 aromatic heterocycles. The summed E-state index contributed by atoms with van der Waals surface area (Å²) in [6.45, 7) is 2.02. The first kappa shape index (κ1) is 12.3. The number of aryl methyl sites for hydroxylation is 1. The highest BCUT2D eigenvalue weighted by Gasteiger charge is 2.07. The minimum Gasteiger partial charge on any atom is -0.497 e. The minimum atomic E-state index is 0.641. The highest BCUT2D eigenvalue weighted by atomic mass is 16.5. The van der Waals surface area contributed by atoms with Gasteiger partial charge in [-0.1, -0.05) is 12.1 Å². The van der Waals surface area contributed by atoms with Crippen molar-refractivity contribution >= 4 is 0 Å². The van der Waals surface area contributed by atoms with Crippen LogP contribution in [0.25, 0.3) is 0 Å². The molecule has 0 N–H and O–H groups in total. The van der Waals surface area contributed by atoms with Gasteiger partial charge in [-0.3, -0.25) is 0 Å². The molecule has 0 fully saturated rings. The molecular formula is C15H16O3. The summed E-state index contributed by atoms with van der Waals surface area (Å²) in [5.41, 5.74) is 1.15. The van der Waals surface area contributed by atoms with Crippen molar-refractivity contribution in [1.82, 2.24) is 0 Å². The van der Waals surface area contributed by atoms with Crippen molar-refractivity contribution in [3.8, 4) is 23.0 Å². The topological polar surface area (TPSA) is 27.7 Å². The maximum Gasteiger partial charge on any atom is 0.172 e. The van der Waals surface area contributed by atoms with Crippen LogP contribution >= 0.6 is 0 Å². The first-order valence-electron chi connectivity index (χ1n) is 5.69. The van der Waals surface area contributed by atoms with Crippen molar-refractivity contribution < 1.29 is 14.2 Å². The van der Waals surface area contributed by atoms with Gasteiger partial charge in [0.15, 0.2) is 11.5 Å². The molecule has 3 heteroatoms. The molecule has 0 unspecified atom stereocenters. The maximum atomic E-state index is 5.82. The van der Waals surface area contributed by atoms with E-state index in [1.54, 1.807) is 20.3 Å². The Morgan fingerprint density at radius 3 is 2.28 bits per heavy atom. The van der Waals surface area contributed by atoms with Crippen LogP contribution in [0.1, 0.15) is 5.56 Å². The Hall–Kier alpha value is -2.16. The van der Waals surface area contributed by atoms with Gasteiger partial charge in [0.05, 0.1) is 14.2 Å². The Balaban J connectivity index is 2.32. The lowest BCUT2D eigenvalue weighted by molar-refractivity contribution is 0.371. The van der Waals surface area contributed by atoms with Gasteiger partial charge in [0, 0.05) is 6.07 Å². The third-order valence-corrected chi connectivity index (χ3v) is 2.59. The van der Waals surface area contributed by atoms with Gasteiger partial charge < -0.3 is 14.2 Å². The van der Waals surface area contributed by atoms with Gasteiger partial charge in [0.1, 0.15) is 11.5 Å². The van der Waals surface area contributed by atoms with Crippen LogP contribution in [0.3, 0.4) is 0 Å². The SMILES string of the molecule is COc1ccc(OC)c(Oc2cccc(C)c2)c1. The van der Waals surface area contributed by atoms with E-state index in [1.807, 2.05) is 43.3 Å². The van der Waals surface area contributed by atoms with Gasteiger partial charge in [-0.15, -0.1) is 0 Å². The average Bonchev–Trinajstić information content (AvgIpc) is 2.38. The Bertz CT molecular complexity index is 535. The third-order valence-electron chi connectivity index (χ3n) is 2.59. The van der Waals surface area contributed by atoms with Crippen molar-refractivity contribution in [3.05, 3.63) is 48.0 Å². The van der Waals surface area contributed by atoms with Gasteiger partial charge in [-0.25, -0.2) is 0 Å².